The minimum atomic E-state index is 0.0908. The van der Waals surface area contributed by atoms with Gasteiger partial charge < -0.3 is 0 Å². The molecule has 0 atom stereocenters. The molecule has 0 radical (unpaired) electrons. The molecule has 0 amide bonds. The van der Waals surface area contributed by atoms with E-state index in [0.717, 1.165) is 11.3 Å². The van der Waals surface area contributed by atoms with Crippen LogP contribution in [0.25, 0.3) is 0 Å². The Bertz CT molecular complexity index is 290. The Morgan fingerprint density at radius 2 is 2.08 bits per heavy atom. The molecule has 0 fully saturated rings. The molecule has 0 aliphatic carbocycles. The van der Waals surface area contributed by atoms with Crippen molar-refractivity contribution in [1.29, 1.82) is 0 Å². The van der Waals surface area contributed by atoms with Crippen LogP contribution in [0.15, 0.2) is 47.4 Å². The lowest BCUT2D eigenvalue weighted by Gasteiger charge is -1.94. The number of allylic oxidation sites excluding steroid dienone is 1. The van der Waals surface area contributed by atoms with Gasteiger partial charge in [0.25, 0.3) is 0 Å². The largest absolute Gasteiger partial charge is 0.282 e. The average Bonchev–Trinajstić information content (AvgIpc) is 2.16. The quantitative estimate of drug-likeness (QED) is 0.540. The van der Waals surface area contributed by atoms with Gasteiger partial charge in [-0.05, 0) is 36.4 Å². The van der Waals surface area contributed by atoms with E-state index < -0.39 is 0 Å². The molecule has 0 unspecified atom stereocenters. The summed E-state index contributed by atoms with van der Waals surface area (Å²) in [7, 11) is 0. The van der Waals surface area contributed by atoms with Crippen molar-refractivity contribution in [2.24, 2.45) is 0 Å². The molecule has 0 aliphatic heterocycles. The molecular weight excluding hydrogens is 180 g/mol. The van der Waals surface area contributed by atoms with Crippen molar-refractivity contribution in [2.45, 2.75) is 18.2 Å². The molecule has 0 aromatic heterocycles. The van der Waals surface area contributed by atoms with E-state index in [2.05, 4.69) is 0 Å². The maximum atomic E-state index is 11.2. The van der Waals surface area contributed by atoms with E-state index in [1.807, 2.05) is 43.3 Å². The highest BCUT2D eigenvalue weighted by atomic mass is 32.2. The topological polar surface area (TPSA) is 17.1 Å². The molecule has 0 heterocycles. The van der Waals surface area contributed by atoms with Crippen LogP contribution >= 0.6 is 11.8 Å². The number of hydrogen-bond donors (Lipinski definition) is 0. The molecule has 1 aromatic carbocycles. The van der Waals surface area contributed by atoms with E-state index in [1.165, 1.54) is 11.8 Å². The predicted molar refractivity (Wildman–Crippen MR) is 56.7 cm³/mol. The fourth-order valence-corrected chi connectivity index (χ4v) is 1.54. The van der Waals surface area contributed by atoms with Gasteiger partial charge in [-0.3, -0.25) is 4.79 Å². The van der Waals surface area contributed by atoms with Crippen LogP contribution < -0.4 is 0 Å². The highest BCUT2D eigenvalue weighted by Crippen LogP contribution is 2.18. The first-order valence-corrected chi connectivity index (χ1v) is 5.08. The molecule has 1 rings (SSSR count). The highest BCUT2D eigenvalue weighted by Gasteiger charge is 1.98. The SMILES string of the molecule is CC/C=C/C(=O)Sc1ccccc1. The molecular formula is C11H12OS. The standard InChI is InChI=1S/C11H12OS/c1-2-3-9-11(12)13-10-7-5-4-6-8-10/h3-9H,2H2,1H3/b9-3+. The van der Waals surface area contributed by atoms with Crippen LogP contribution in [0.4, 0.5) is 0 Å². The maximum absolute atomic E-state index is 11.2. The second-order valence-electron chi connectivity index (χ2n) is 2.54. The fourth-order valence-electron chi connectivity index (χ4n) is 0.853. The third-order valence-corrected chi connectivity index (χ3v) is 2.30. The number of hydrogen-bond acceptors (Lipinski definition) is 2. The molecule has 13 heavy (non-hydrogen) atoms. The van der Waals surface area contributed by atoms with Crippen molar-refractivity contribution >= 4 is 16.9 Å². The van der Waals surface area contributed by atoms with Crippen LogP contribution in [0.3, 0.4) is 0 Å². The smallest absolute Gasteiger partial charge is 0.216 e. The third-order valence-electron chi connectivity index (χ3n) is 1.45. The Balaban J connectivity index is 2.50. The third kappa shape index (κ3) is 3.95. The van der Waals surface area contributed by atoms with Gasteiger partial charge in [-0.2, -0.15) is 0 Å². The van der Waals surface area contributed by atoms with Gasteiger partial charge in [0.2, 0.25) is 5.12 Å². The Hall–Kier alpha value is -1.02. The van der Waals surface area contributed by atoms with Gasteiger partial charge in [0, 0.05) is 4.90 Å². The lowest BCUT2D eigenvalue weighted by atomic mass is 10.4. The number of thioether (sulfide) groups is 1. The van der Waals surface area contributed by atoms with E-state index in [-0.39, 0.29) is 5.12 Å². The van der Waals surface area contributed by atoms with Crippen LogP contribution in [0.5, 0.6) is 0 Å². The van der Waals surface area contributed by atoms with E-state index in [0.29, 0.717) is 0 Å². The van der Waals surface area contributed by atoms with Gasteiger partial charge in [-0.15, -0.1) is 0 Å². The summed E-state index contributed by atoms with van der Waals surface area (Å²) < 4.78 is 0. The molecule has 1 aromatic rings. The molecule has 0 spiro atoms. The van der Waals surface area contributed by atoms with Crippen molar-refractivity contribution in [2.75, 3.05) is 0 Å². The summed E-state index contributed by atoms with van der Waals surface area (Å²) in [6.45, 7) is 2.01. The first kappa shape index (κ1) is 10.1. The summed E-state index contributed by atoms with van der Waals surface area (Å²) in [6, 6.07) is 9.67. The normalized spacial score (nSPS) is 10.5. The Morgan fingerprint density at radius 3 is 2.69 bits per heavy atom. The number of benzene rings is 1. The molecule has 0 saturated heterocycles. The fraction of sp³-hybridized carbons (Fsp3) is 0.182. The van der Waals surface area contributed by atoms with Crippen molar-refractivity contribution in [3.8, 4) is 0 Å². The van der Waals surface area contributed by atoms with E-state index >= 15 is 0 Å². The predicted octanol–water partition coefficient (Wildman–Crippen LogP) is 3.27. The Kier molecular flexibility index (Phi) is 4.33. The lowest BCUT2D eigenvalue weighted by Crippen LogP contribution is -1.83. The summed E-state index contributed by atoms with van der Waals surface area (Å²) in [5.41, 5.74) is 0. The van der Waals surface area contributed by atoms with Crippen molar-refractivity contribution < 1.29 is 4.79 Å². The zero-order valence-corrected chi connectivity index (χ0v) is 8.38. The molecule has 0 N–H and O–H groups in total. The van der Waals surface area contributed by atoms with Gasteiger partial charge >= 0.3 is 0 Å². The zero-order valence-electron chi connectivity index (χ0n) is 7.57. The minimum Gasteiger partial charge on any atom is -0.282 e. The first-order valence-electron chi connectivity index (χ1n) is 4.26. The molecule has 2 heteroatoms. The summed E-state index contributed by atoms with van der Waals surface area (Å²) in [5.74, 6) is 0. The van der Waals surface area contributed by atoms with E-state index in [1.54, 1.807) is 6.08 Å². The van der Waals surface area contributed by atoms with Crippen molar-refractivity contribution in [3.63, 3.8) is 0 Å². The van der Waals surface area contributed by atoms with Gasteiger partial charge in [0.1, 0.15) is 0 Å². The molecule has 1 nitrogen and oxygen atoms in total. The molecule has 0 saturated carbocycles. The van der Waals surface area contributed by atoms with Crippen LogP contribution in [0.2, 0.25) is 0 Å². The number of carbonyl (C=O) groups is 1. The number of carbonyl (C=O) groups excluding carboxylic acids is 1. The monoisotopic (exact) mass is 192 g/mol. The van der Waals surface area contributed by atoms with Crippen molar-refractivity contribution in [1.82, 2.24) is 0 Å². The summed E-state index contributed by atoms with van der Waals surface area (Å²) >= 11 is 1.26. The zero-order chi connectivity index (χ0) is 9.52. The molecule has 0 aliphatic rings. The maximum Gasteiger partial charge on any atom is 0.216 e. The van der Waals surface area contributed by atoms with E-state index in [9.17, 15) is 4.79 Å². The van der Waals surface area contributed by atoms with Crippen LogP contribution in [-0.2, 0) is 4.79 Å². The summed E-state index contributed by atoms with van der Waals surface area (Å²) in [6.07, 6.45) is 4.40. The Morgan fingerprint density at radius 1 is 1.38 bits per heavy atom. The number of rotatable bonds is 3. The van der Waals surface area contributed by atoms with Gasteiger partial charge in [0.15, 0.2) is 0 Å². The van der Waals surface area contributed by atoms with Gasteiger partial charge in [0.05, 0.1) is 0 Å². The van der Waals surface area contributed by atoms with Crippen molar-refractivity contribution in [3.05, 3.63) is 42.5 Å². The Labute approximate surface area is 82.9 Å². The van der Waals surface area contributed by atoms with Gasteiger partial charge in [-0.1, -0.05) is 31.2 Å². The highest BCUT2D eigenvalue weighted by molar-refractivity contribution is 8.14. The molecule has 0 bridgehead atoms. The minimum absolute atomic E-state index is 0.0908. The second-order valence-corrected chi connectivity index (χ2v) is 3.62. The van der Waals surface area contributed by atoms with Crippen LogP contribution in [-0.4, -0.2) is 5.12 Å². The summed E-state index contributed by atoms with van der Waals surface area (Å²) in [5, 5.41) is 0.0908. The van der Waals surface area contributed by atoms with E-state index in [4.69, 9.17) is 0 Å². The molecule has 68 valence electrons. The van der Waals surface area contributed by atoms with Gasteiger partial charge in [-0.25, -0.2) is 0 Å². The van der Waals surface area contributed by atoms with Crippen LogP contribution in [0.1, 0.15) is 13.3 Å². The van der Waals surface area contributed by atoms with Crippen LogP contribution in [0, 0.1) is 0 Å². The lowest BCUT2D eigenvalue weighted by molar-refractivity contribution is -0.107. The summed E-state index contributed by atoms with van der Waals surface area (Å²) in [4.78, 5) is 12.2. The average molecular weight is 192 g/mol. The first-order chi connectivity index (χ1) is 6.33. The second kappa shape index (κ2) is 5.60.